The quantitative estimate of drug-likeness (QED) is 0.816. The predicted molar refractivity (Wildman–Crippen MR) is 79.1 cm³/mol. The molecular weight excluding hydrogens is 252 g/mol. The van der Waals surface area contributed by atoms with Gasteiger partial charge >= 0.3 is 0 Å². The van der Waals surface area contributed by atoms with Crippen LogP contribution in [-0.2, 0) is 4.74 Å². The van der Waals surface area contributed by atoms with Crippen LogP contribution in [0.25, 0.3) is 0 Å². The van der Waals surface area contributed by atoms with E-state index in [1.807, 2.05) is 13.1 Å². The van der Waals surface area contributed by atoms with E-state index in [4.69, 9.17) is 9.72 Å². The molecule has 3 rings (SSSR count). The van der Waals surface area contributed by atoms with Gasteiger partial charge in [-0.1, -0.05) is 0 Å². The number of rotatable bonds is 2. The molecule has 0 saturated carbocycles. The molecule has 2 aliphatic rings. The Morgan fingerprint density at radius 1 is 1.20 bits per heavy atom. The first-order chi connectivity index (χ1) is 9.74. The predicted octanol–water partition coefficient (Wildman–Crippen LogP) is 1.39. The van der Waals surface area contributed by atoms with Gasteiger partial charge in [0.2, 0.25) is 0 Å². The van der Waals surface area contributed by atoms with Gasteiger partial charge in [0, 0.05) is 38.4 Å². The van der Waals surface area contributed by atoms with Gasteiger partial charge in [0.15, 0.2) is 0 Å². The highest BCUT2D eigenvalue weighted by molar-refractivity contribution is 5.44. The zero-order chi connectivity index (χ0) is 13.9. The summed E-state index contributed by atoms with van der Waals surface area (Å²) in [7, 11) is 0. The summed E-state index contributed by atoms with van der Waals surface area (Å²) >= 11 is 0. The molecule has 3 heterocycles. The van der Waals surface area contributed by atoms with Crippen molar-refractivity contribution in [2.75, 3.05) is 44.3 Å². The highest BCUT2D eigenvalue weighted by Gasteiger charge is 2.27. The first kappa shape index (κ1) is 13.8. The summed E-state index contributed by atoms with van der Waals surface area (Å²) < 4.78 is 5.46. The lowest BCUT2D eigenvalue weighted by atomic mass is 10.0. The van der Waals surface area contributed by atoms with Gasteiger partial charge in [-0.2, -0.15) is 0 Å². The van der Waals surface area contributed by atoms with E-state index in [0.717, 1.165) is 56.6 Å². The zero-order valence-electron chi connectivity index (χ0n) is 12.5. The summed E-state index contributed by atoms with van der Waals surface area (Å²) in [6, 6.07) is 0.634. The van der Waals surface area contributed by atoms with Crippen molar-refractivity contribution in [3.8, 4) is 0 Å². The highest BCUT2D eigenvalue weighted by Crippen LogP contribution is 2.23. The van der Waals surface area contributed by atoms with Crippen molar-refractivity contribution >= 4 is 5.82 Å². The maximum absolute atomic E-state index is 5.46. The molecule has 0 amide bonds. The first-order valence-electron chi connectivity index (χ1n) is 7.61. The molecule has 0 aromatic carbocycles. The number of morpholine rings is 1. The Morgan fingerprint density at radius 2 is 2.00 bits per heavy atom. The van der Waals surface area contributed by atoms with E-state index in [2.05, 4.69) is 21.7 Å². The van der Waals surface area contributed by atoms with Crippen LogP contribution >= 0.6 is 0 Å². The van der Waals surface area contributed by atoms with Crippen molar-refractivity contribution in [2.45, 2.75) is 32.7 Å². The van der Waals surface area contributed by atoms with E-state index in [1.165, 1.54) is 12.8 Å². The molecular formula is C15H24N4O. The second kappa shape index (κ2) is 6.06. The molecule has 110 valence electrons. The molecule has 1 aromatic heterocycles. The van der Waals surface area contributed by atoms with Crippen molar-refractivity contribution in [3.05, 3.63) is 17.6 Å². The third-order valence-corrected chi connectivity index (χ3v) is 4.31. The fraction of sp³-hybridized carbons (Fsp3) is 0.733. The minimum Gasteiger partial charge on any atom is -0.379 e. The number of aryl methyl sites for hydroxylation is 2. The molecule has 0 radical (unpaired) electrons. The average molecular weight is 276 g/mol. The van der Waals surface area contributed by atoms with E-state index in [-0.39, 0.29) is 0 Å². The van der Waals surface area contributed by atoms with Gasteiger partial charge in [0.1, 0.15) is 5.82 Å². The van der Waals surface area contributed by atoms with Gasteiger partial charge in [-0.25, -0.2) is 4.98 Å². The van der Waals surface area contributed by atoms with E-state index in [0.29, 0.717) is 6.04 Å². The lowest BCUT2D eigenvalue weighted by Gasteiger charge is -2.41. The Morgan fingerprint density at radius 3 is 2.80 bits per heavy atom. The van der Waals surface area contributed by atoms with Crippen molar-refractivity contribution < 1.29 is 4.74 Å². The molecule has 1 atom stereocenters. The number of aromatic nitrogens is 2. The maximum Gasteiger partial charge on any atom is 0.150 e. The summed E-state index contributed by atoms with van der Waals surface area (Å²) in [5, 5.41) is 0. The van der Waals surface area contributed by atoms with E-state index < -0.39 is 0 Å². The normalized spacial score (nSPS) is 24.9. The molecule has 5 nitrogen and oxygen atoms in total. The summed E-state index contributed by atoms with van der Waals surface area (Å²) in [6.07, 6.45) is 4.37. The van der Waals surface area contributed by atoms with Crippen LogP contribution in [0.2, 0.25) is 0 Å². The average Bonchev–Trinajstić information content (AvgIpc) is 2.51. The third kappa shape index (κ3) is 2.94. The van der Waals surface area contributed by atoms with Gasteiger partial charge in [-0.3, -0.25) is 9.88 Å². The van der Waals surface area contributed by atoms with E-state index in [9.17, 15) is 0 Å². The van der Waals surface area contributed by atoms with Crippen molar-refractivity contribution in [2.24, 2.45) is 0 Å². The molecule has 2 saturated heterocycles. The summed E-state index contributed by atoms with van der Waals surface area (Å²) in [6.45, 7) is 10.1. The molecule has 2 aliphatic heterocycles. The molecule has 1 unspecified atom stereocenters. The Kier molecular flexibility index (Phi) is 4.17. The van der Waals surface area contributed by atoms with Gasteiger partial charge in [-0.15, -0.1) is 0 Å². The van der Waals surface area contributed by atoms with Crippen LogP contribution in [0, 0.1) is 13.8 Å². The number of nitrogens with zero attached hydrogens (tertiary/aromatic N) is 4. The topological polar surface area (TPSA) is 41.5 Å². The monoisotopic (exact) mass is 276 g/mol. The van der Waals surface area contributed by atoms with Crippen LogP contribution in [0.1, 0.15) is 24.2 Å². The zero-order valence-corrected chi connectivity index (χ0v) is 12.5. The summed E-state index contributed by atoms with van der Waals surface area (Å²) in [4.78, 5) is 14.1. The largest absolute Gasteiger partial charge is 0.379 e. The highest BCUT2D eigenvalue weighted by atomic mass is 16.5. The lowest BCUT2D eigenvalue weighted by molar-refractivity contribution is 0.0136. The first-order valence-corrected chi connectivity index (χ1v) is 7.61. The number of ether oxygens (including phenoxy) is 1. The fourth-order valence-corrected chi connectivity index (χ4v) is 3.21. The standard InChI is InChI=1S/C15H24N4O/c1-12-10-16-13(2)15(17-12)19-5-3-4-14(11-19)18-6-8-20-9-7-18/h10,14H,3-9,11H2,1-2H3. The van der Waals surface area contributed by atoms with E-state index in [1.54, 1.807) is 0 Å². The SMILES string of the molecule is Cc1cnc(C)c(N2CCCC(N3CCOCC3)C2)n1. The third-order valence-electron chi connectivity index (χ3n) is 4.31. The van der Waals surface area contributed by atoms with Crippen LogP contribution in [-0.4, -0.2) is 60.3 Å². The molecule has 0 N–H and O–H groups in total. The number of hydrogen-bond donors (Lipinski definition) is 0. The Hall–Kier alpha value is -1.20. The molecule has 2 fully saturated rings. The molecule has 0 aliphatic carbocycles. The van der Waals surface area contributed by atoms with Crippen LogP contribution < -0.4 is 4.90 Å². The number of anilines is 1. The molecule has 5 heteroatoms. The summed E-state index contributed by atoms with van der Waals surface area (Å²) in [5.41, 5.74) is 2.04. The smallest absolute Gasteiger partial charge is 0.150 e. The maximum atomic E-state index is 5.46. The van der Waals surface area contributed by atoms with Gasteiger partial charge in [0.05, 0.1) is 24.6 Å². The molecule has 20 heavy (non-hydrogen) atoms. The Balaban J connectivity index is 1.72. The van der Waals surface area contributed by atoms with E-state index >= 15 is 0 Å². The van der Waals surface area contributed by atoms with Gasteiger partial charge < -0.3 is 9.64 Å². The second-order valence-electron chi connectivity index (χ2n) is 5.81. The van der Waals surface area contributed by atoms with Gasteiger partial charge in [-0.05, 0) is 26.7 Å². The minimum atomic E-state index is 0.634. The van der Waals surface area contributed by atoms with Crippen molar-refractivity contribution in [1.82, 2.24) is 14.9 Å². The van der Waals surface area contributed by atoms with Crippen LogP contribution in [0.15, 0.2) is 6.20 Å². The molecule has 0 spiro atoms. The van der Waals surface area contributed by atoms with Crippen LogP contribution in [0.3, 0.4) is 0 Å². The molecule has 1 aromatic rings. The van der Waals surface area contributed by atoms with Gasteiger partial charge in [0.25, 0.3) is 0 Å². The lowest BCUT2D eigenvalue weighted by Crippen LogP contribution is -2.52. The number of piperidine rings is 1. The van der Waals surface area contributed by atoms with Crippen molar-refractivity contribution in [1.29, 1.82) is 0 Å². The second-order valence-corrected chi connectivity index (χ2v) is 5.81. The van der Waals surface area contributed by atoms with Crippen LogP contribution in [0.5, 0.6) is 0 Å². The summed E-state index contributed by atoms with van der Waals surface area (Å²) in [5.74, 6) is 1.07. The van der Waals surface area contributed by atoms with Crippen LogP contribution in [0.4, 0.5) is 5.82 Å². The Labute approximate surface area is 121 Å². The fourth-order valence-electron chi connectivity index (χ4n) is 3.21. The Bertz CT molecular complexity index is 459. The van der Waals surface area contributed by atoms with Crippen molar-refractivity contribution in [3.63, 3.8) is 0 Å². The minimum absolute atomic E-state index is 0.634. The molecule has 0 bridgehead atoms. The number of hydrogen-bond acceptors (Lipinski definition) is 5.